The molecule has 1 atom stereocenters. The van der Waals surface area contributed by atoms with Crippen LogP contribution in [0.2, 0.25) is 0 Å². The molecule has 1 aliphatic carbocycles. The standard InChI is InChI=1S/C9H11NO.C2HF3O2/c10-8-5-4-7-6(8)2-1-3-9(7)11;3-2(4,5)1(6)7/h1-3,8,11H,4-5,10H2;(H,6,7)/t8-;/m0./s1. The summed E-state index contributed by atoms with van der Waals surface area (Å²) in [6.07, 6.45) is -3.20. The highest BCUT2D eigenvalue weighted by molar-refractivity contribution is 5.73. The van der Waals surface area contributed by atoms with Crippen molar-refractivity contribution in [2.24, 2.45) is 5.73 Å². The molecule has 100 valence electrons. The largest absolute Gasteiger partial charge is 0.508 e. The number of carboxylic acid groups (broad SMARTS) is 1. The van der Waals surface area contributed by atoms with Crippen molar-refractivity contribution in [1.82, 2.24) is 0 Å². The number of fused-ring (bicyclic) bond motifs is 1. The van der Waals surface area contributed by atoms with Gasteiger partial charge in [-0.2, -0.15) is 13.2 Å². The summed E-state index contributed by atoms with van der Waals surface area (Å²) >= 11 is 0. The van der Waals surface area contributed by atoms with E-state index < -0.39 is 12.1 Å². The first-order valence-electron chi connectivity index (χ1n) is 5.10. The normalized spacial score (nSPS) is 17.7. The Hall–Kier alpha value is -1.76. The maximum atomic E-state index is 10.6. The number of aliphatic carboxylic acids is 1. The van der Waals surface area contributed by atoms with E-state index in [-0.39, 0.29) is 6.04 Å². The molecule has 0 unspecified atom stereocenters. The van der Waals surface area contributed by atoms with Crippen molar-refractivity contribution in [3.8, 4) is 5.75 Å². The van der Waals surface area contributed by atoms with E-state index in [0.29, 0.717) is 5.75 Å². The predicted octanol–water partition coefficient (Wildman–Crippen LogP) is 1.97. The first-order valence-corrected chi connectivity index (χ1v) is 5.10. The lowest BCUT2D eigenvalue weighted by molar-refractivity contribution is -0.192. The molecule has 1 aromatic rings. The zero-order valence-corrected chi connectivity index (χ0v) is 9.24. The number of hydrogen-bond donors (Lipinski definition) is 3. The van der Waals surface area contributed by atoms with Gasteiger partial charge in [0.1, 0.15) is 5.75 Å². The van der Waals surface area contributed by atoms with E-state index in [1.54, 1.807) is 6.07 Å². The number of aromatic hydroxyl groups is 1. The third kappa shape index (κ3) is 3.36. The van der Waals surface area contributed by atoms with Gasteiger partial charge in [-0.05, 0) is 30.0 Å². The molecular formula is C11H12F3NO3. The average molecular weight is 263 g/mol. The second-order valence-corrected chi connectivity index (χ2v) is 3.79. The Kier molecular flexibility index (Phi) is 4.18. The molecule has 0 radical (unpaired) electrons. The molecule has 0 fully saturated rings. The summed E-state index contributed by atoms with van der Waals surface area (Å²) in [6, 6.07) is 5.69. The third-order valence-electron chi connectivity index (χ3n) is 2.53. The number of phenols is 1. The molecule has 0 amide bonds. The Labute approximate surface area is 101 Å². The second-order valence-electron chi connectivity index (χ2n) is 3.79. The van der Waals surface area contributed by atoms with Crippen molar-refractivity contribution in [3.63, 3.8) is 0 Å². The topological polar surface area (TPSA) is 83.5 Å². The van der Waals surface area contributed by atoms with Crippen LogP contribution in [-0.4, -0.2) is 22.4 Å². The predicted molar refractivity (Wildman–Crippen MR) is 57.0 cm³/mol. The lowest BCUT2D eigenvalue weighted by Gasteiger charge is -2.04. The van der Waals surface area contributed by atoms with Gasteiger partial charge >= 0.3 is 12.1 Å². The number of phenolic OH excluding ortho intramolecular Hbond substituents is 1. The monoisotopic (exact) mass is 263 g/mol. The minimum absolute atomic E-state index is 0.136. The van der Waals surface area contributed by atoms with Gasteiger partial charge < -0.3 is 15.9 Å². The highest BCUT2D eigenvalue weighted by Gasteiger charge is 2.38. The Morgan fingerprint density at radius 2 is 1.94 bits per heavy atom. The fourth-order valence-corrected chi connectivity index (χ4v) is 1.67. The summed E-state index contributed by atoms with van der Waals surface area (Å²) in [5.74, 6) is -2.36. The van der Waals surface area contributed by atoms with Crippen molar-refractivity contribution in [2.75, 3.05) is 0 Å². The minimum Gasteiger partial charge on any atom is -0.508 e. The average Bonchev–Trinajstić information content (AvgIpc) is 2.62. The summed E-state index contributed by atoms with van der Waals surface area (Å²) in [5.41, 5.74) is 7.96. The van der Waals surface area contributed by atoms with Gasteiger partial charge in [0.25, 0.3) is 0 Å². The van der Waals surface area contributed by atoms with E-state index in [1.165, 1.54) is 0 Å². The minimum atomic E-state index is -5.08. The first kappa shape index (κ1) is 14.3. The number of hydrogen-bond acceptors (Lipinski definition) is 3. The fraction of sp³-hybridized carbons (Fsp3) is 0.364. The van der Waals surface area contributed by atoms with Crippen molar-refractivity contribution >= 4 is 5.97 Å². The molecule has 0 aliphatic heterocycles. The SMILES string of the molecule is N[C@H]1CCc2c(O)cccc21.O=C(O)C(F)(F)F. The van der Waals surface area contributed by atoms with Crippen molar-refractivity contribution in [2.45, 2.75) is 25.1 Å². The van der Waals surface area contributed by atoms with Gasteiger partial charge in [-0.25, -0.2) is 4.79 Å². The number of carbonyl (C=O) groups is 1. The number of alkyl halides is 3. The molecule has 4 N–H and O–H groups in total. The zero-order chi connectivity index (χ0) is 13.9. The van der Waals surface area contributed by atoms with E-state index in [0.717, 1.165) is 24.0 Å². The van der Waals surface area contributed by atoms with Crippen molar-refractivity contribution in [1.29, 1.82) is 0 Å². The molecule has 0 aromatic heterocycles. The van der Waals surface area contributed by atoms with E-state index in [1.807, 2.05) is 12.1 Å². The van der Waals surface area contributed by atoms with Crippen LogP contribution in [0.5, 0.6) is 5.75 Å². The lowest BCUT2D eigenvalue weighted by Crippen LogP contribution is -2.21. The molecule has 0 spiro atoms. The van der Waals surface area contributed by atoms with Crippen molar-refractivity contribution < 1.29 is 28.2 Å². The summed E-state index contributed by atoms with van der Waals surface area (Å²) in [7, 11) is 0. The Morgan fingerprint density at radius 3 is 2.39 bits per heavy atom. The summed E-state index contributed by atoms with van der Waals surface area (Å²) in [6.45, 7) is 0. The van der Waals surface area contributed by atoms with Gasteiger partial charge in [0, 0.05) is 6.04 Å². The highest BCUT2D eigenvalue weighted by atomic mass is 19.4. The van der Waals surface area contributed by atoms with Crippen LogP contribution < -0.4 is 5.73 Å². The van der Waals surface area contributed by atoms with Gasteiger partial charge in [-0.15, -0.1) is 0 Å². The van der Waals surface area contributed by atoms with Gasteiger partial charge in [0.05, 0.1) is 0 Å². The van der Waals surface area contributed by atoms with Gasteiger partial charge in [0.2, 0.25) is 0 Å². The van der Waals surface area contributed by atoms with E-state index in [2.05, 4.69) is 0 Å². The summed E-state index contributed by atoms with van der Waals surface area (Å²) < 4.78 is 31.7. The molecule has 0 bridgehead atoms. The van der Waals surface area contributed by atoms with E-state index >= 15 is 0 Å². The Balaban J connectivity index is 0.000000203. The molecular weight excluding hydrogens is 251 g/mol. The van der Waals surface area contributed by atoms with Crippen LogP contribution in [0.3, 0.4) is 0 Å². The maximum Gasteiger partial charge on any atom is 0.490 e. The Morgan fingerprint density at radius 1 is 1.39 bits per heavy atom. The lowest BCUT2D eigenvalue weighted by atomic mass is 10.1. The second kappa shape index (κ2) is 5.26. The first-order chi connectivity index (χ1) is 8.23. The summed E-state index contributed by atoms with van der Waals surface area (Å²) in [5, 5.41) is 16.5. The molecule has 18 heavy (non-hydrogen) atoms. The molecule has 1 aliphatic rings. The molecule has 7 heteroatoms. The Bertz CT molecular complexity index is 446. The summed E-state index contributed by atoms with van der Waals surface area (Å²) in [4.78, 5) is 8.90. The molecule has 4 nitrogen and oxygen atoms in total. The number of rotatable bonds is 0. The van der Waals surface area contributed by atoms with Crippen LogP contribution in [0.4, 0.5) is 13.2 Å². The van der Waals surface area contributed by atoms with E-state index in [4.69, 9.17) is 15.6 Å². The molecule has 1 aromatic carbocycles. The van der Waals surface area contributed by atoms with Gasteiger partial charge in [-0.3, -0.25) is 0 Å². The highest BCUT2D eigenvalue weighted by Crippen LogP contribution is 2.34. The number of halogens is 3. The van der Waals surface area contributed by atoms with Crippen molar-refractivity contribution in [3.05, 3.63) is 29.3 Å². The zero-order valence-electron chi connectivity index (χ0n) is 9.24. The number of benzene rings is 1. The van der Waals surface area contributed by atoms with Crippen LogP contribution in [0.1, 0.15) is 23.6 Å². The smallest absolute Gasteiger partial charge is 0.490 e. The van der Waals surface area contributed by atoms with Crippen LogP contribution in [-0.2, 0) is 11.2 Å². The van der Waals surface area contributed by atoms with Crippen LogP contribution in [0.15, 0.2) is 18.2 Å². The maximum absolute atomic E-state index is 10.6. The van der Waals surface area contributed by atoms with Crippen LogP contribution in [0.25, 0.3) is 0 Å². The number of nitrogens with two attached hydrogens (primary N) is 1. The fourth-order valence-electron chi connectivity index (χ4n) is 1.67. The number of carboxylic acids is 1. The van der Waals surface area contributed by atoms with Gasteiger partial charge in [0.15, 0.2) is 0 Å². The molecule has 0 saturated heterocycles. The van der Waals surface area contributed by atoms with Gasteiger partial charge in [-0.1, -0.05) is 12.1 Å². The van der Waals surface area contributed by atoms with Crippen LogP contribution in [0, 0.1) is 0 Å². The molecule has 0 saturated carbocycles. The molecule has 2 rings (SSSR count). The quantitative estimate of drug-likeness (QED) is 0.668. The van der Waals surface area contributed by atoms with E-state index in [9.17, 15) is 18.3 Å². The van der Waals surface area contributed by atoms with Crippen LogP contribution >= 0.6 is 0 Å². The third-order valence-corrected chi connectivity index (χ3v) is 2.53. The molecule has 0 heterocycles.